The van der Waals surface area contributed by atoms with Crippen molar-refractivity contribution < 1.29 is 0 Å². The molecule has 1 N–H and O–H groups in total. The second kappa shape index (κ2) is 7.10. The molecule has 4 rings (SSSR count). The zero-order valence-corrected chi connectivity index (χ0v) is 16.4. The molecule has 0 radical (unpaired) electrons. The summed E-state index contributed by atoms with van der Waals surface area (Å²) in [5.41, 5.74) is 5.14. The maximum absolute atomic E-state index is 12.8. The highest BCUT2D eigenvalue weighted by Crippen LogP contribution is 2.42. The van der Waals surface area contributed by atoms with E-state index in [2.05, 4.69) is 48.3 Å². The number of benzene rings is 2. The molecular weight excluding hydrogens is 354 g/mol. The number of aromatic amines is 1. The number of rotatable bonds is 4. The molecule has 0 bridgehead atoms. The van der Waals surface area contributed by atoms with Crippen molar-refractivity contribution in [3.63, 3.8) is 0 Å². The van der Waals surface area contributed by atoms with Gasteiger partial charge in [0.05, 0.1) is 12.1 Å². The number of thiophene rings is 1. The summed E-state index contributed by atoms with van der Waals surface area (Å²) in [6.07, 6.45) is 0. The molecule has 0 fully saturated rings. The van der Waals surface area contributed by atoms with Gasteiger partial charge in [-0.3, -0.25) is 4.79 Å². The van der Waals surface area contributed by atoms with Gasteiger partial charge in [0, 0.05) is 10.4 Å². The van der Waals surface area contributed by atoms with Crippen LogP contribution in [0, 0.1) is 6.92 Å². The quantitative estimate of drug-likeness (QED) is 0.563. The number of fused-ring (bicyclic) bond motifs is 1. The van der Waals surface area contributed by atoms with Crippen LogP contribution in [0.4, 0.5) is 0 Å². The Morgan fingerprint density at radius 2 is 1.70 bits per heavy atom. The highest BCUT2D eigenvalue weighted by atomic mass is 32.1. The third kappa shape index (κ3) is 3.44. The number of H-pyrrole nitrogens is 1. The number of aryl methyl sites for hydroxylation is 1. The first-order valence-electron chi connectivity index (χ1n) is 8.86. The molecular formula is C22H21N3OS. The van der Waals surface area contributed by atoms with Crippen molar-refractivity contribution >= 4 is 21.6 Å². The van der Waals surface area contributed by atoms with E-state index >= 15 is 0 Å². The van der Waals surface area contributed by atoms with Gasteiger partial charge in [-0.2, -0.15) is 0 Å². The summed E-state index contributed by atoms with van der Waals surface area (Å²) >= 11 is 1.51. The largest absolute Gasteiger partial charge is 0.308 e. The van der Waals surface area contributed by atoms with Gasteiger partial charge in [0.25, 0.3) is 5.56 Å². The Morgan fingerprint density at radius 1 is 1.00 bits per heavy atom. The summed E-state index contributed by atoms with van der Waals surface area (Å²) in [4.78, 5) is 23.6. The molecule has 0 aliphatic heterocycles. The van der Waals surface area contributed by atoms with Crippen molar-refractivity contribution in [1.82, 2.24) is 14.9 Å². The Bertz CT molecular complexity index is 1140. The number of nitrogens with zero attached hydrogens (tertiary/aromatic N) is 2. The molecule has 0 spiro atoms. The van der Waals surface area contributed by atoms with Crippen molar-refractivity contribution in [3.05, 3.63) is 76.3 Å². The first kappa shape index (κ1) is 17.6. The summed E-state index contributed by atoms with van der Waals surface area (Å²) in [5.74, 6) is 0.684. The molecule has 0 aliphatic carbocycles. The zero-order valence-electron chi connectivity index (χ0n) is 15.6. The molecule has 0 saturated heterocycles. The van der Waals surface area contributed by atoms with E-state index in [1.54, 1.807) is 0 Å². The SMILES string of the molecule is Cc1ccc(-c2c(-c3ccccc3)sc3c(=O)[nH]c(CN(C)C)nc23)cc1. The molecule has 27 heavy (non-hydrogen) atoms. The average molecular weight is 375 g/mol. The summed E-state index contributed by atoms with van der Waals surface area (Å²) in [6.45, 7) is 2.67. The number of hydrogen-bond acceptors (Lipinski definition) is 4. The van der Waals surface area contributed by atoms with E-state index < -0.39 is 0 Å². The topological polar surface area (TPSA) is 49.0 Å². The Balaban J connectivity index is 2.04. The fourth-order valence-corrected chi connectivity index (χ4v) is 4.35. The molecule has 136 valence electrons. The zero-order chi connectivity index (χ0) is 19.0. The molecule has 0 aliphatic rings. The molecule has 0 unspecified atom stereocenters. The van der Waals surface area contributed by atoms with Crippen molar-refractivity contribution in [3.8, 4) is 21.6 Å². The Labute approximate surface area is 162 Å². The van der Waals surface area contributed by atoms with Gasteiger partial charge in [-0.1, -0.05) is 60.2 Å². The van der Waals surface area contributed by atoms with Gasteiger partial charge >= 0.3 is 0 Å². The van der Waals surface area contributed by atoms with Crippen LogP contribution < -0.4 is 5.56 Å². The molecule has 0 atom stereocenters. The van der Waals surface area contributed by atoms with Gasteiger partial charge in [-0.05, 0) is 32.1 Å². The minimum absolute atomic E-state index is 0.0719. The molecule has 0 amide bonds. The highest BCUT2D eigenvalue weighted by Gasteiger charge is 2.19. The van der Waals surface area contributed by atoms with Gasteiger partial charge in [0.1, 0.15) is 10.5 Å². The molecule has 2 aromatic heterocycles. The lowest BCUT2D eigenvalue weighted by Crippen LogP contribution is -2.18. The lowest BCUT2D eigenvalue weighted by atomic mass is 10.0. The van der Waals surface area contributed by atoms with E-state index in [1.807, 2.05) is 37.2 Å². The number of nitrogens with one attached hydrogen (secondary N) is 1. The van der Waals surface area contributed by atoms with Gasteiger partial charge in [0.15, 0.2) is 0 Å². The minimum atomic E-state index is -0.0719. The normalized spacial score (nSPS) is 11.4. The third-order valence-corrected chi connectivity index (χ3v) is 5.66. The molecule has 4 aromatic rings. The standard InChI is InChI=1S/C22H21N3OS/c1-14-9-11-15(12-10-14)18-19-21(22(26)24-17(23-19)13-25(2)3)27-20(18)16-7-5-4-6-8-16/h4-12H,13H2,1-3H3,(H,23,24,26). The van der Waals surface area contributed by atoms with E-state index in [0.29, 0.717) is 17.1 Å². The van der Waals surface area contributed by atoms with Crippen LogP contribution in [0.15, 0.2) is 59.4 Å². The molecule has 2 aromatic carbocycles. The van der Waals surface area contributed by atoms with E-state index in [0.717, 1.165) is 27.1 Å². The van der Waals surface area contributed by atoms with Gasteiger partial charge in [-0.15, -0.1) is 11.3 Å². The van der Waals surface area contributed by atoms with E-state index in [4.69, 9.17) is 4.98 Å². The average Bonchev–Trinajstić information content (AvgIpc) is 3.03. The van der Waals surface area contributed by atoms with Crippen LogP contribution in [0.1, 0.15) is 11.4 Å². The van der Waals surface area contributed by atoms with E-state index in [-0.39, 0.29) is 5.56 Å². The van der Waals surface area contributed by atoms with Crippen LogP contribution in [0.25, 0.3) is 31.8 Å². The van der Waals surface area contributed by atoms with Crippen LogP contribution >= 0.6 is 11.3 Å². The predicted octanol–water partition coefficient (Wildman–Crippen LogP) is 4.69. The van der Waals surface area contributed by atoms with Crippen LogP contribution in [-0.4, -0.2) is 29.0 Å². The van der Waals surface area contributed by atoms with Crippen LogP contribution in [0.5, 0.6) is 0 Å². The molecule has 4 nitrogen and oxygen atoms in total. The highest BCUT2D eigenvalue weighted by molar-refractivity contribution is 7.22. The van der Waals surface area contributed by atoms with Crippen molar-refractivity contribution in [1.29, 1.82) is 0 Å². The maximum Gasteiger partial charge on any atom is 0.268 e. The van der Waals surface area contributed by atoms with Crippen LogP contribution in [0.3, 0.4) is 0 Å². The lowest BCUT2D eigenvalue weighted by molar-refractivity contribution is 0.390. The fourth-order valence-electron chi connectivity index (χ4n) is 3.19. The van der Waals surface area contributed by atoms with Gasteiger partial charge in [0.2, 0.25) is 0 Å². The smallest absolute Gasteiger partial charge is 0.268 e. The first-order valence-corrected chi connectivity index (χ1v) is 9.67. The lowest BCUT2D eigenvalue weighted by Gasteiger charge is -2.09. The maximum atomic E-state index is 12.8. The van der Waals surface area contributed by atoms with E-state index in [9.17, 15) is 4.79 Å². The second-order valence-electron chi connectivity index (χ2n) is 6.97. The fraction of sp³-hybridized carbons (Fsp3) is 0.182. The Morgan fingerprint density at radius 3 is 2.37 bits per heavy atom. The Hall–Kier alpha value is -2.76. The van der Waals surface area contributed by atoms with Crippen molar-refractivity contribution in [2.75, 3.05) is 14.1 Å². The Kier molecular flexibility index (Phi) is 4.64. The molecule has 0 saturated carbocycles. The summed E-state index contributed by atoms with van der Waals surface area (Å²) in [6, 6.07) is 18.6. The van der Waals surface area contributed by atoms with Crippen molar-refractivity contribution in [2.45, 2.75) is 13.5 Å². The molecule has 5 heteroatoms. The monoisotopic (exact) mass is 375 g/mol. The second-order valence-corrected chi connectivity index (χ2v) is 7.99. The first-order chi connectivity index (χ1) is 13.0. The summed E-state index contributed by atoms with van der Waals surface area (Å²) in [7, 11) is 3.93. The van der Waals surface area contributed by atoms with Crippen LogP contribution in [0.2, 0.25) is 0 Å². The van der Waals surface area contributed by atoms with Gasteiger partial charge < -0.3 is 9.88 Å². The molecule has 2 heterocycles. The number of hydrogen-bond donors (Lipinski definition) is 1. The number of aromatic nitrogens is 2. The minimum Gasteiger partial charge on any atom is -0.308 e. The van der Waals surface area contributed by atoms with E-state index in [1.165, 1.54) is 16.9 Å². The van der Waals surface area contributed by atoms with Crippen molar-refractivity contribution in [2.24, 2.45) is 0 Å². The summed E-state index contributed by atoms with van der Waals surface area (Å²) < 4.78 is 0.673. The third-order valence-electron chi connectivity index (χ3n) is 4.44. The van der Waals surface area contributed by atoms with Gasteiger partial charge in [-0.25, -0.2) is 4.98 Å². The summed E-state index contributed by atoms with van der Waals surface area (Å²) in [5, 5.41) is 0. The van der Waals surface area contributed by atoms with Crippen LogP contribution in [-0.2, 0) is 6.54 Å². The predicted molar refractivity (Wildman–Crippen MR) is 113 cm³/mol.